The molecule has 1 aromatic rings. The highest BCUT2D eigenvalue weighted by Gasteiger charge is 2.21. The Morgan fingerprint density at radius 2 is 2.00 bits per heavy atom. The summed E-state index contributed by atoms with van der Waals surface area (Å²) in [7, 11) is 0. The molecule has 18 heavy (non-hydrogen) atoms. The molecule has 0 aliphatic carbocycles. The topological polar surface area (TPSA) is 23.5 Å². The molecule has 0 saturated carbocycles. The molecule has 1 saturated heterocycles. The van der Waals surface area contributed by atoms with Crippen LogP contribution in [0.3, 0.4) is 0 Å². The summed E-state index contributed by atoms with van der Waals surface area (Å²) in [6, 6.07) is 8.30. The molecule has 1 unspecified atom stereocenters. The number of benzene rings is 1. The molecule has 1 aliphatic rings. The Morgan fingerprint density at radius 1 is 1.33 bits per heavy atom. The quantitative estimate of drug-likeness (QED) is 0.902. The summed E-state index contributed by atoms with van der Waals surface area (Å²) < 4.78 is 0. The van der Waals surface area contributed by atoms with Crippen LogP contribution >= 0.6 is 11.8 Å². The maximum absolute atomic E-state index is 10.1. The molecule has 1 heterocycles. The summed E-state index contributed by atoms with van der Waals surface area (Å²) in [5.41, 5.74) is 2.31. The molecule has 100 valence electrons. The molecule has 1 fully saturated rings. The van der Waals surface area contributed by atoms with Gasteiger partial charge in [-0.1, -0.05) is 25.1 Å². The SMILES string of the molecule is CCC(O)c1ccccc1N1CCC(SC)CC1. The predicted molar refractivity (Wildman–Crippen MR) is 80.4 cm³/mol. The van der Waals surface area contributed by atoms with Crippen LogP contribution in [0.5, 0.6) is 0 Å². The van der Waals surface area contributed by atoms with Crippen molar-refractivity contribution < 1.29 is 5.11 Å². The Balaban J connectivity index is 2.13. The van der Waals surface area contributed by atoms with Crippen molar-refractivity contribution in [3.8, 4) is 0 Å². The molecular formula is C15H23NOS. The van der Waals surface area contributed by atoms with E-state index in [1.54, 1.807) is 0 Å². The molecule has 0 bridgehead atoms. The van der Waals surface area contributed by atoms with Gasteiger partial charge in [-0.25, -0.2) is 0 Å². The van der Waals surface area contributed by atoms with Crippen LogP contribution in [0.25, 0.3) is 0 Å². The Bertz CT molecular complexity index is 375. The number of para-hydroxylation sites is 1. The van der Waals surface area contributed by atoms with E-state index in [-0.39, 0.29) is 6.10 Å². The Morgan fingerprint density at radius 3 is 2.61 bits per heavy atom. The van der Waals surface area contributed by atoms with E-state index in [9.17, 15) is 5.11 Å². The summed E-state index contributed by atoms with van der Waals surface area (Å²) >= 11 is 1.98. The van der Waals surface area contributed by atoms with Crippen molar-refractivity contribution >= 4 is 17.4 Å². The lowest BCUT2D eigenvalue weighted by molar-refractivity contribution is 0.174. The van der Waals surface area contributed by atoms with Crippen LogP contribution in [0, 0.1) is 0 Å². The van der Waals surface area contributed by atoms with Crippen molar-refractivity contribution in [2.75, 3.05) is 24.2 Å². The number of anilines is 1. The van der Waals surface area contributed by atoms with Crippen LogP contribution < -0.4 is 4.90 Å². The minimum atomic E-state index is -0.334. The van der Waals surface area contributed by atoms with Crippen molar-refractivity contribution in [2.24, 2.45) is 0 Å². The molecular weight excluding hydrogens is 242 g/mol. The van der Waals surface area contributed by atoms with Gasteiger partial charge in [0.05, 0.1) is 6.10 Å². The maximum Gasteiger partial charge on any atom is 0.0807 e. The number of hydrogen-bond donors (Lipinski definition) is 1. The minimum Gasteiger partial charge on any atom is -0.388 e. The van der Waals surface area contributed by atoms with Gasteiger partial charge in [-0.15, -0.1) is 0 Å². The van der Waals surface area contributed by atoms with E-state index in [1.165, 1.54) is 18.5 Å². The maximum atomic E-state index is 10.1. The van der Waals surface area contributed by atoms with Gasteiger partial charge in [-0.2, -0.15) is 11.8 Å². The number of rotatable bonds is 4. The van der Waals surface area contributed by atoms with Crippen molar-refractivity contribution in [2.45, 2.75) is 37.5 Å². The molecule has 1 atom stereocenters. The molecule has 0 radical (unpaired) electrons. The Labute approximate surface area is 114 Å². The van der Waals surface area contributed by atoms with Gasteiger partial charge >= 0.3 is 0 Å². The largest absolute Gasteiger partial charge is 0.388 e. The van der Waals surface area contributed by atoms with Crippen molar-refractivity contribution in [3.63, 3.8) is 0 Å². The van der Waals surface area contributed by atoms with Crippen LogP contribution in [0.2, 0.25) is 0 Å². The third-order valence-electron chi connectivity index (χ3n) is 3.80. The second-order valence-electron chi connectivity index (χ2n) is 4.90. The number of hydrogen-bond acceptors (Lipinski definition) is 3. The molecule has 2 rings (SSSR count). The normalized spacial score (nSPS) is 18.9. The van der Waals surface area contributed by atoms with Gasteiger partial charge in [-0.3, -0.25) is 0 Å². The molecule has 2 nitrogen and oxygen atoms in total. The van der Waals surface area contributed by atoms with Crippen LogP contribution in [-0.4, -0.2) is 29.7 Å². The third-order valence-corrected chi connectivity index (χ3v) is 4.94. The van der Waals surface area contributed by atoms with E-state index < -0.39 is 0 Å². The molecule has 1 aromatic carbocycles. The predicted octanol–water partition coefficient (Wildman–Crippen LogP) is 3.46. The lowest BCUT2D eigenvalue weighted by Crippen LogP contribution is -2.35. The number of nitrogens with zero attached hydrogens (tertiary/aromatic N) is 1. The first kappa shape index (κ1) is 13.8. The van der Waals surface area contributed by atoms with E-state index in [4.69, 9.17) is 0 Å². The number of thioether (sulfide) groups is 1. The van der Waals surface area contributed by atoms with Crippen LogP contribution in [0.4, 0.5) is 5.69 Å². The summed E-state index contributed by atoms with van der Waals surface area (Å²) in [5, 5.41) is 10.9. The molecule has 0 aromatic heterocycles. The fraction of sp³-hybridized carbons (Fsp3) is 0.600. The van der Waals surface area contributed by atoms with E-state index in [2.05, 4.69) is 29.4 Å². The standard InChI is InChI=1S/C15H23NOS/c1-3-15(17)13-6-4-5-7-14(13)16-10-8-12(18-2)9-11-16/h4-7,12,15,17H,3,8-11H2,1-2H3. The van der Waals surface area contributed by atoms with Gasteiger partial charge < -0.3 is 10.0 Å². The van der Waals surface area contributed by atoms with Gasteiger partial charge in [0.15, 0.2) is 0 Å². The minimum absolute atomic E-state index is 0.334. The van der Waals surface area contributed by atoms with Gasteiger partial charge in [0, 0.05) is 29.6 Å². The number of aliphatic hydroxyl groups is 1. The fourth-order valence-electron chi connectivity index (χ4n) is 2.61. The highest BCUT2D eigenvalue weighted by Crippen LogP contribution is 2.31. The summed E-state index contributed by atoms with van der Waals surface area (Å²) in [6.45, 7) is 4.25. The van der Waals surface area contributed by atoms with E-state index in [0.29, 0.717) is 0 Å². The molecule has 0 spiro atoms. The highest BCUT2D eigenvalue weighted by molar-refractivity contribution is 7.99. The average Bonchev–Trinajstić information content (AvgIpc) is 2.46. The van der Waals surface area contributed by atoms with E-state index in [1.807, 2.05) is 24.8 Å². The smallest absolute Gasteiger partial charge is 0.0807 e. The first-order chi connectivity index (χ1) is 8.76. The summed E-state index contributed by atoms with van der Waals surface area (Å²) in [5.74, 6) is 0. The zero-order valence-electron chi connectivity index (χ0n) is 11.3. The highest BCUT2D eigenvalue weighted by atomic mass is 32.2. The summed E-state index contributed by atoms with van der Waals surface area (Å²) in [4.78, 5) is 2.43. The zero-order valence-corrected chi connectivity index (χ0v) is 12.1. The monoisotopic (exact) mass is 265 g/mol. The molecule has 1 N–H and O–H groups in total. The Kier molecular flexibility index (Phi) is 4.95. The lowest BCUT2D eigenvalue weighted by Gasteiger charge is -2.34. The second-order valence-corrected chi connectivity index (χ2v) is 6.04. The molecule has 1 aliphatic heterocycles. The molecule has 3 heteroatoms. The van der Waals surface area contributed by atoms with Gasteiger partial charge in [0.25, 0.3) is 0 Å². The fourth-order valence-corrected chi connectivity index (χ4v) is 3.29. The van der Waals surface area contributed by atoms with Crippen molar-refractivity contribution in [1.29, 1.82) is 0 Å². The van der Waals surface area contributed by atoms with Crippen LogP contribution in [0.15, 0.2) is 24.3 Å². The van der Waals surface area contributed by atoms with Crippen LogP contribution in [-0.2, 0) is 0 Å². The number of aliphatic hydroxyl groups excluding tert-OH is 1. The second kappa shape index (κ2) is 6.48. The first-order valence-corrected chi connectivity index (χ1v) is 8.09. The third kappa shape index (κ3) is 3.01. The first-order valence-electron chi connectivity index (χ1n) is 6.81. The van der Waals surface area contributed by atoms with Gasteiger partial charge in [0.2, 0.25) is 0 Å². The van der Waals surface area contributed by atoms with Crippen molar-refractivity contribution in [1.82, 2.24) is 0 Å². The number of piperidine rings is 1. The lowest BCUT2D eigenvalue weighted by atomic mass is 10.0. The van der Waals surface area contributed by atoms with E-state index >= 15 is 0 Å². The Hall–Kier alpha value is -0.670. The van der Waals surface area contributed by atoms with Crippen molar-refractivity contribution in [3.05, 3.63) is 29.8 Å². The average molecular weight is 265 g/mol. The van der Waals surface area contributed by atoms with E-state index in [0.717, 1.165) is 30.3 Å². The van der Waals surface area contributed by atoms with Gasteiger partial charge in [-0.05, 0) is 31.6 Å². The van der Waals surface area contributed by atoms with Crippen LogP contribution in [0.1, 0.15) is 37.9 Å². The summed E-state index contributed by atoms with van der Waals surface area (Å²) in [6.07, 6.45) is 5.14. The molecule has 0 amide bonds. The zero-order chi connectivity index (χ0) is 13.0. The van der Waals surface area contributed by atoms with Gasteiger partial charge in [0.1, 0.15) is 0 Å².